The van der Waals surface area contributed by atoms with Crippen LogP contribution in [0.3, 0.4) is 0 Å². The summed E-state index contributed by atoms with van der Waals surface area (Å²) in [5, 5.41) is 0. The van der Waals surface area contributed by atoms with Gasteiger partial charge < -0.3 is 38.6 Å². The average molecular weight is 416 g/mol. The first-order valence-corrected chi connectivity index (χ1v) is 10.9. The maximum absolute atomic E-state index is 12.4. The summed E-state index contributed by atoms with van der Waals surface area (Å²) in [4.78, 5) is 12.4. The van der Waals surface area contributed by atoms with Gasteiger partial charge in [-0.2, -0.15) is 0 Å². The van der Waals surface area contributed by atoms with Gasteiger partial charge in [0.15, 0.2) is 0 Å². The molecule has 28 heavy (non-hydrogen) atoms. The van der Waals surface area contributed by atoms with Crippen molar-refractivity contribution in [2.24, 2.45) is 5.73 Å². The van der Waals surface area contributed by atoms with Crippen LogP contribution in [0.25, 0.3) is 0 Å². The van der Waals surface area contributed by atoms with Gasteiger partial charge in [0.25, 0.3) is 7.82 Å². The first-order valence-electron chi connectivity index (χ1n) is 9.47. The zero-order chi connectivity index (χ0) is 21.1. The third-order valence-electron chi connectivity index (χ3n) is 4.37. The number of ether oxygens (including phenoxy) is 4. The van der Waals surface area contributed by atoms with Gasteiger partial charge in [0, 0.05) is 12.0 Å². The van der Waals surface area contributed by atoms with Gasteiger partial charge in [-0.25, -0.2) is 0 Å². The molecule has 8 atom stereocenters. The molecule has 0 aromatic carbocycles. The van der Waals surface area contributed by atoms with Crippen LogP contribution in [0, 0.1) is 0 Å². The van der Waals surface area contributed by atoms with Crippen molar-refractivity contribution in [2.45, 2.75) is 88.8 Å². The van der Waals surface area contributed by atoms with E-state index in [4.69, 9.17) is 49.4 Å². The van der Waals surface area contributed by atoms with E-state index < -0.39 is 44.2 Å². The second-order valence-electron chi connectivity index (χ2n) is 7.58. The van der Waals surface area contributed by atoms with Gasteiger partial charge in [-0.05, 0) is 34.1 Å². The van der Waals surface area contributed by atoms with Gasteiger partial charge in [-0.3, -0.25) is 4.57 Å². The molecule has 2 saturated heterocycles. The summed E-state index contributed by atoms with van der Waals surface area (Å²) < 4.78 is 44.7. The van der Waals surface area contributed by atoms with Gasteiger partial charge in [-0.15, -0.1) is 0 Å². The van der Waals surface area contributed by atoms with Gasteiger partial charge in [0.05, 0.1) is 37.6 Å². The molecule has 2 N–H and O–H groups in total. The Balaban J connectivity index is 1.93. The Bertz CT molecular complexity index is 543. The standard InChI is InChI=1S/C16H30B2NO8P/c1-8(2)22-6-12-15(14(19)16(18)26-12)27-28(20,21)23-7-11-10(24-9(3)4)5-13(17)25-11/h8-16H,5-7,19H2,1-4H3,(H,20,21)/p-1. The van der Waals surface area contributed by atoms with E-state index in [1.54, 1.807) is 0 Å². The zero-order valence-electron chi connectivity index (χ0n) is 16.8. The highest BCUT2D eigenvalue weighted by Gasteiger charge is 2.43. The molecular formula is C16H29B2NO8P-. The Kier molecular flexibility index (Phi) is 9.01. The fraction of sp³-hybridized carbons (Fsp3) is 1.00. The minimum atomic E-state index is -4.72. The van der Waals surface area contributed by atoms with Crippen molar-refractivity contribution < 1.29 is 37.5 Å². The zero-order valence-corrected chi connectivity index (χ0v) is 17.7. The highest BCUT2D eigenvalue weighted by atomic mass is 31.2. The van der Waals surface area contributed by atoms with Crippen molar-refractivity contribution in [3.8, 4) is 0 Å². The van der Waals surface area contributed by atoms with Crippen LogP contribution in [-0.2, 0) is 32.6 Å². The number of rotatable bonds is 10. The molecule has 0 spiro atoms. The monoisotopic (exact) mass is 416 g/mol. The predicted octanol–water partition coefficient (Wildman–Crippen LogP) is -0.421. The lowest BCUT2D eigenvalue weighted by Gasteiger charge is -2.31. The fourth-order valence-corrected chi connectivity index (χ4v) is 4.06. The van der Waals surface area contributed by atoms with Crippen LogP contribution >= 0.6 is 7.82 Å². The lowest BCUT2D eigenvalue weighted by Crippen LogP contribution is -2.44. The highest BCUT2D eigenvalue weighted by molar-refractivity contribution is 7.45. The van der Waals surface area contributed by atoms with Crippen molar-refractivity contribution in [3.05, 3.63) is 0 Å². The highest BCUT2D eigenvalue weighted by Crippen LogP contribution is 2.43. The molecule has 2 fully saturated rings. The molecular weight excluding hydrogens is 387 g/mol. The van der Waals surface area contributed by atoms with Crippen LogP contribution in [0.15, 0.2) is 0 Å². The second-order valence-corrected chi connectivity index (χ2v) is 8.95. The molecule has 4 radical (unpaired) electrons. The number of nitrogens with two attached hydrogens (primary N) is 1. The summed E-state index contributed by atoms with van der Waals surface area (Å²) in [6, 6.07) is -2.26. The number of hydrogen-bond donors (Lipinski definition) is 1. The number of phosphoric acid groups is 1. The first kappa shape index (κ1) is 24.3. The Labute approximate surface area is 169 Å². The minimum absolute atomic E-state index is 0.0615. The summed E-state index contributed by atoms with van der Waals surface area (Å²) >= 11 is 0. The SMILES string of the molecule is [B]C1CC(OC(C)C)C(COP(=O)([O-])OC2C(COC(C)C)OC([B])C2N)O1. The average Bonchev–Trinajstić information content (AvgIpc) is 3.04. The summed E-state index contributed by atoms with van der Waals surface area (Å²) in [7, 11) is 6.83. The van der Waals surface area contributed by atoms with Crippen molar-refractivity contribution >= 4 is 23.5 Å². The van der Waals surface area contributed by atoms with E-state index in [2.05, 4.69) is 0 Å². The summed E-state index contributed by atoms with van der Waals surface area (Å²) in [6.45, 7) is 7.23. The smallest absolute Gasteiger partial charge is 0.268 e. The summed E-state index contributed by atoms with van der Waals surface area (Å²) in [5.41, 5.74) is 5.93. The third kappa shape index (κ3) is 7.07. The molecule has 0 aromatic rings. The molecule has 0 amide bonds. The maximum atomic E-state index is 12.4. The van der Waals surface area contributed by atoms with Gasteiger partial charge in [0.1, 0.15) is 34.0 Å². The van der Waals surface area contributed by atoms with Crippen molar-refractivity contribution in [2.75, 3.05) is 13.2 Å². The molecule has 0 saturated carbocycles. The topological polar surface area (TPSA) is 122 Å². The van der Waals surface area contributed by atoms with Crippen LogP contribution in [0.4, 0.5) is 0 Å². The van der Waals surface area contributed by atoms with Gasteiger partial charge in [-0.1, -0.05) is 0 Å². The molecule has 2 heterocycles. The van der Waals surface area contributed by atoms with Crippen LogP contribution < -0.4 is 10.6 Å². The molecule has 8 unspecified atom stereocenters. The normalized spacial score (nSPS) is 38.4. The van der Waals surface area contributed by atoms with E-state index in [9.17, 15) is 9.46 Å². The molecule has 12 heteroatoms. The van der Waals surface area contributed by atoms with Gasteiger partial charge >= 0.3 is 0 Å². The second kappa shape index (κ2) is 10.4. The maximum Gasteiger partial charge on any atom is 0.268 e. The van der Waals surface area contributed by atoms with Crippen LogP contribution in [0.2, 0.25) is 0 Å². The largest absolute Gasteiger partial charge is 0.756 e. The number of phosphoric ester groups is 1. The Morgan fingerprint density at radius 3 is 2.43 bits per heavy atom. The fourth-order valence-electron chi connectivity index (χ4n) is 3.10. The van der Waals surface area contributed by atoms with Crippen LogP contribution in [-0.4, -0.2) is 83.6 Å². The van der Waals surface area contributed by atoms with Crippen LogP contribution in [0.5, 0.6) is 0 Å². The van der Waals surface area contributed by atoms with Crippen LogP contribution in [0.1, 0.15) is 34.1 Å². The molecule has 9 nitrogen and oxygen atoms in total. The van der Waals surface area contributed by atoms with E-state index in [0.29, 0.717) is 6.42 Å². The molecule has 2 aliphatic heterocycles. The predicted molar refractivity (Wildman–Crippen MR) is 101 cm³/mol. The van der Waals surface area contributed by atoms with E-state index in [0.717, 1.165) is 0 Å². The number of hydrogen-bond acceptors (Lipinski definition) is 9. The lowest BCUT2D eigenvalue weighted by molar-refractivity contribution is -0.234. The first-order chi connectivity index (χ1) is 13.0. The molecule has 0 aromatic heterocycles. The summed E-state index contributed by atoms with van der Waals surface area (Å²) in [5.74, 6) is 0. The van der Waals surface area contributed by atoms with E-state index in [1.165, 1.54) is 0 Å². The Hall–Kier alpha value is 0.0399. The van der Waals surface area contributed by atoms with Gasteiger partial charge in [0.2, 0.25) is 0 Å². The van der Waals surface area contributed by atoms with E-state index >= 15 is 0 Å². The molecule has 0 bridgehead atoms. The Morgan fingerprint density at radius 1 is 1.14 bits per heavy atom. The molecule has 158 valence electrons. The molecule has 0 aliphatic carbocycles. The van der Waals surface area contributed by atoms with Crippen molar-refractivity contribution in [3.63, 3.8) is 0 Å². The minimum Gasteiger partial charge on any atom is -0.756 e. The third-order valence-corrected chi connectivity index (χ3v) is 5.34. The van der Waals surface area contributed by atoms with Crippen molar-refractivity contribution in [1.82, 2.24) is 0 Å². The Morgan fingerprint density at radius 2 is 1.82 bits per heavy atom. The summed E-state index contributed by atoms with van der Waals surface area (Å²) in [6.07, 6.45) is -2.44. The van der Waals surface area contributed by atoms with Crippen molar-refractivity contribution in [1.29, 1.82) is 0 Å². The quantitative estimate of drug-likeness (QED) is 0.374. The molecule has 2 rings (SSSR count). The van der Waals surface area contributed by atoms with E-state index in [1.807, 2.05) is 27.7 Å². The van der Waals surface area contributed by atoms with E-state index in [-0.39, 0.29) is 31.5 Å². The molecule has 2 aliphatic rings. The lowest BCUT2D eigenvalue weighted by atomic mass is 9.91.